The molecule has 0 unspecified atom stereocenters. The van der Waals surface area contributed by atoms with Gasteiger partial charge in [0.05, 0.1) is 5.75 Å². The molecule has 20 heavy (non-hydrogen) atoms. The lowest BCUT2D eigenvalue weighted by molar-refractivity contribution is 0.288. The van der Waals surface area contributed by atoms with Gasteiger partial charge in [-0.05, 0) is 30.9 Å². The van der Waals surface area contributed by atoms with Crippen LogP contribution in [0.4, 0.5) is 0 Å². The molecule has 114 valence electrons. The maximum absolute atomic E-state index is 12.0. The summed E-state index contributed by atoms with van der Waals surface area (Å²) in [5.74, 6) is 0.273. The molecule has 0 spiro atoms. The Morgan fingerprint density at radius 2 is 2.05 bits per heavy atom. The highest BCUT2D eigenvalue weighted by Crippen LogP contribution is 2.15. The number of nitrogens with one attached hydrogen (secondary N) is 1. The Labute approximate surface area is 122 Å². The summed E-state index contributed by atoms with van der Waals surface area (Å²) in [5, 5.41) is 3.52. The molecule has 0 amide bonds. The second-order valence-corrected chi connectivity index (χ2v) is 7.64. The summed E-state index contributed by atoms with van der Waals surface area (Å²) in [6.45, 7) is 4.06. The Morgan fingerprint density at radius 1 is 1.35 bits per heavy atom. The van der Waals surface area contributed by atoms with E-state index in [1.807, 2.05) is 24.7 Å². The third kappa shape index (κ3) is 4.07. The van der Waals surface area contributed by atoms with Crippen molar-refractivity contribution in [1.29, 1.82) is 0 Å². The van der Waals surface area contributed by atoms with Crippen LogP contribution < -0.4 is 5.32 Å². The van der Waals surface area contributed by atoms with Gasteiger partial charge in [-0.3, -0.25) is 0 Å². The van der Waals surface area contributed by atoms with E-state index in [4.69, 9.17) is 0 Å². The summed E-state index contributed by atoms with van der Waals surface area (Å²) in [6, 6.07) is 2.52. The second-order valence-electron chi connectivity index (χ2n) is 5.56. The lowest BCUT2D eigenvalue weighted by Crippen LogP contribution is -2.45. The van der Waals surface area contributed by atoms with Crippen molar-refractivity contribution in [3.05, 3.63) is 24.0 Å². The summed E-state index contributed by atoms with van der Waals surface area (Å²) < 4.78 is 27.6. The Kier molecular flexibility index (Phi) is 5.23. The van der Waals surface area contributed by atoms with Crippen LogP contribution in [0.2, 0.25) is 0 Å². The number of hydrogen-bond donors (Lipinski definition) is 1. The molecule has 0 radical (unpaired) electrons. The topological polar surface area (TPSA) is 54.3 Å². The number of sulfonamides is 1. The van der Waals surface area contributed by atoms with Gasteiger partial charge in [-0.2, -0.15) is 0 Å². The summed E-state index contributed by atoms with van der Waals surface area (Å²) in [5.41, 5.74) is 1.27. The first-order valence-corrected chi connectivity index (χ1v) is 8.94. The minimum absolute atomic E-state index is 0.273. The largest absolute Gasteiger partial charge is 0.357 e. The molecule has 1 N–H and O–H groups in total. The zero-order valence-corrected chi connectivity index (χ0v) is 13.2. The van der Waals surface area contributed by atoms with E-state index in [9.17, 15) is 8.42 Å². The number of piperidine rings is 1. The molecule has 2 heterocycles. The van der Waals surface area contributed by atoms with Crippen LogP contribution in [0.3, 0.4) is 0 Å². The molecular formula is C14H25N3O2S. The number of hydrogen-bond acceptors (Lipinski definition) is 3. The SMILES string of the molecule is CCCS(=O)(=O)N1CCC(NCc2ccn(C)c2)CC1. The van der Waals surface area contributed by atoms with E-state index in [1.165, 1.54) is 5.56 Å². The van der Waals surface area contributed by atoms with Gasteiger partial charge in [0.25, 0.3) is 0 Å². The first kappa shape index (κ1) is 15.5. The van der Waals surface area contributed by atoms with Gasteiger partial charge in [0, 0.05) is 45.1 Å². The minimum atomic E-state index is -3.02. The minimum Gasteiger partial charge on any atom is -0.357 e. The van der Waals surface area contributed by atoms with E-state index in [0.717, 1.165) is 19.4 Å². The predicted octanol–water partition coefficient (Wildman–Crippen LogP) is 1.32. The monoisotopic (exact) mass is 299 g/mol. The fraction of sp³-hybridized carbons (Fsp3) is 0.714. The van der Waals surface area contributed by atoms with E-state index in [1.54, 1.807) is 4.31 Å². The van der Waals surface area contributed by atoms with Gasteiger partial charge in [-0.1, -0.05) is 6.92 Å². The average molecular weight is 299 g/mol. The van der Waals surface area contributed by atoms with Crippen LogP contribution in [0.15, 0.2) is 18.5 Å². The maximum Gasteiger partial charge on any atom is 0.214 e. The Bertz CT molecular complexity index is 516. The molecule has 1 fully saturated rings. The number of nitrogens with zero attached hydrogens (tertiary/aromatic N) is 2. The van der Waals surface area contributed by atoms with E-state index in [2.05, 4.69) is 17.6 Å². The second kappa shape index (κ2) is 6.74. The van der Waals surface area contributed by atoms with Gasteiger partial charge < -0.3 is 9.88 Å². The third-order valence-electron chi connectivity index (χ3n) is 3.80. The van der Waals surface area contributed by atoms with Crippen molar-refractivity contribution in [1.82, 2.24) is 14.2 Å². The molecule has 1 aliphatic rings. The smallest absolute Gasteiger partial charge is 0.214 e. The lowest BCUT2D eigenvalue weighted by Gasteiger charge is -2.31. The Morgan fingerprint density at radius 3 is 2.60 bits per heavy atom. The molecule has 0 aromatic carbocycles. The molecule has 0 aliphatic carbocycles. The van der Waals surface area contributed by atoms with Gasteiger partial charge in [0.15, 0.2) is 0 Å². The van der Waals surface area contributed by atoms with Gasteiger partial charge in [-0.25, -0.2) is 12.7 Å². The molecule has 1 aromatic rings. The normalized spacial score (nSPS) is 18.5. The average Bonchev–Trinajstić information content (AvgIpc) is 2.83. The molecule has 1 saturated heterocycles. The summed E-state index contributed by atoms with van der Waals surface area (Å²) in [6.07, 6.45) is 6.63. The molecule has 0 bridgehead atoms. The van der Waals surface area contributed by atoms with E-state index < -0.39 is 10.0 Å². The highest BCUT2D eigenvalue weighted by atomic mass is 32.2. The van der Waals surface area contributed by atoms with Crippen molar-refractivity contribution in [2.75, 3.05) is 18.8 Å². The third-order valence-corrected chi connectivity index (χ3v) is 5.87. The van der Waals surface area contributed by atoms with Crippen LogP contribution in [0.25, 0.3) is 0 Å². The summed E-state index contributed by atoms with van der Waals surface area (Å²) >= 11 is 0. The van der Waals surface area contributed by atoms with Gasteiger partial charge >= 0.3 is 0 Å². The zero-order chi connectivity index (χ0) is 14.6. The Balaban J connectivity index is 1.77. The van der Waals surface area contributed by atoms with Crippen LogP contribution in [-0.2, 0) is 23.6 Å². The molecule has 5 nitrogen and oxygen atoms in total. The van der Waals surface area contributed by atoms with Crippen LogP contribution >= 0.6 is 0 Å². The number of rotatable bonds is 6. The molecule has 2 rings (SSSR count). The first-order valence-electron chi connectivity index (χ1n) is 7.33. The van der Waals surface area contributed by atoms with Crippen LogP contribution in [0.5, 0.6) is 0 Å². The molecular weight excluding hydrogens is 274 g/mol. The number of aromatic nitrogens is 1. The molecule has 1 aliphatic heterocycles. The first-order chi connectivity index (χ1) is 9.51. The van der Waals surface area contributed by atoms with Crippen molar-refractivity contribution in [2.24, 2.45) is 7.05 Å². The fourth-order valence-electron chi connectivity index (χ4n) is 2.65. The van der Waals surface area contributed by atoms with E-state index in [0.29, 0.717) is 25.6 Å². The van der Waals surface area contributed by atoms with Gasteiger partial charge in [-0.15, -0.1) is 0 Å². The standard InChI is InChI=1S/C14H25N3O2S/c1-3-10-20(18,19)17-8-5-14(6-9-17)15-11-13-4-7-16(2)12-13/h4,7,12,14-15H,3,5-6,8-11H2,1-2H3. The van der Waals surface area contributed by atoms with Crippen molar-refractivity contribution in [3.8, 4) is 0 Å². The summed E-state index contributed by atoms with van der Waals surface area (Å²) in [7, 11) is -1.00. The van der Waals surface area contributed by atoms with Crippen molar-refractivity contribution < 1.29 is 8.42 Å². The zero-order valence-electron chi connectivity index (χ0n) is 12.4. The van der Waals surface area contributed by atoms with E-state index >= 15 is 0 Å². The van der Waals surface area contributed by atoms with Crippen LogP contribution in [0.1, 0.15) is 31.7 Å². The highest BCUT2D eigenvalue weighted by Gasteiger charge is 2.26. The van der Waals surface area contributed by atoms with Crippen molar-refractivity contribution in [3.63, 3.8) is 0 Å². The molecule has 0 saturated carbocycles. The van der Waals surface area contributed by atoms with Crippen LogP contribution in [-0.4, -0.2) is 42.2 Å². The quantitative estimate of drug-likeness (QED) is 0.862. The molecule has 0 atom stereocenters. The fourth-order valence-corrected chi connectivity index (χ4v) is 4.19. The predicted molar refractivity (Wildman–Crippen MR) is 80.9 cm³/mol. The summed E-state index contributed by atoms with van der Waals surface area (Å²) in [4.78, 5) is 0. The van der Waals surface area contributed by atoms with Crippen molar-refractivity contribution in [2.45, 2.75) is 38.8 Å². The van der Waals surface area contributed by atoms with Crippen LogP contribution in [0, 0.1) is 0 Å². The van der Waals surface area contributed by atoms with Crippen molar-refractivity contribution >= 4 is 10.0 Å². The lowest BCUT2D eigenvalue weighted by atomic mass is 10.1. The molecule has 6 heteroatoms. The molecule has 1 aromatic heterocycles. The Hall–Kier alpha value is -0.850. The van der Waals surface area contributed by atoms with Gasteiger partial charge in [0.2, 0.25) is 10.0 Å². The van der Waals surface area contributed by atoms with E-state index in [-0.39, 0.29) is 5.75 Å². The van der Waals surface area contributed by atoms with Gasteiger partial charge in [0.1, 0.15) is 0 Å². The maximum atomic E-state index is 12.0. The number of aryl methyl sites for hydroxylation is 1. The highest BCUT2D eigenvalue weighted by molar-refractivity contribution is 7.89.